The molecule has 3 aromatic carbocycles. The first kappa shape index (κ1) is 31.0. The van der Waals surface area contributed by atoms with Gasteiger partial charge in [-0.25, -0.2) is 4.79 Å². The van der Waals surface area contributed by atoms with Crippen LogP contribution in [0.2, 0.25) is 0 Å². The summed E-state index contributed by atoms with van der Waals surface area (Å²) in [4.78, 5) is 41.9. The lowest BCUT2D eigenvalue weighted by Gasteiger charge is -2.34. The number of hydrogen-bond acceptors (Lipinski definition) is 7. The topological polar surface area (TPSA) is 137 Å². The Morgan fingerprint density at radius 2 is 1.56 bits per heavy atom. The molecule has 3 aromatic rings. The molecule has 0 fully saturated rings. The van der Waals surface area contributed by atoms with E-state index in [1.807, 2.05) is 30.3 Å². The molecule has 0 aliphatic heterocycles. The molecule has 2 atom stereocenters. The SMILES string of the molecule is COc1ccc(NC(=O)C(c2ccc(O)cc2)N(CCO)C(=O)C(Cc2ccccc2)NC(=O)OC(C)(C)C)cc1. The van der Waals surface area contributed by atoms with E-state index in [-0.39, 0.29) is 18.7 Å². The van der Waals surface area contributed by atoms with Crippen LogP contribution in [0.25, 0.3) is 0 Å². The smallest absolute Gasteiger partial charge is 0.408 e. The van der Waals surface area contributed by atoms with Crippen molar-refractivity contribution in [1.29, 1.82) is 0 Å². The number of aliphatic hydroxyl groups excluding tert-OH is 1. The van der Waals surface area contributed by atoms with Gasteiger partial charge >= 0.3 is 6.09 Å². The third kappa shape index (κ3) is 9.25. The first-order chi connectivity index (χ1) is 19.5. The van der Waals surface area contributed by atoms with E-state index in [0.29, 0.717) is 17.0 Å². The third-order valence-corrected chi connectivity index (χ3v) is 6.02. The summed E-state index contributed by atoms with van der Waals surface area (Å²) in [5, 5.41) is 25.3. The summed E-state index contributed by atoms with van der Waals surface area (Å²) >= 11 is 0. The Bertz CT molecular complexity index is 1290. The minimum absolute atomic E-state index is 0.0170. The summed E-state index contributed by atoms with van der Waals surface area (Å²) in [7, 11) is 1.53. The number of carbonyl (C=O) groups is 3. The second-order valence-electron chi connectivity index (χ2n) is 10.4. The van der Waals surface area contributed by atoms with Crippen LogP contribution in [0.1, 0.15) is 37.9 Å². The van der Waals surface area contributed by atoms with Gasteiger partial charge in [-0.1, -0.05) is 42.5 Å². The zero-order valence-corrected chi connectivity index (χ0v) is 23.7. The number of hydrogen-bond donors (Lipinski definition) is 4. The molecule has 3 amide bonds. The molecule has 0 aliphatic rings. The molecule has 0 spiro atoms. The van der Waals surface area contributed by atoms with Crippen LogP contribution in [0.4, 0.5) is 10.5 Å². The summed E-state index contributed by atoms with van der Waals surface area (Å²) in [5.74, 6) is -0.570. The Balaban J connectivity index is 2.00. The van der Waals surface area contributed by atoms with Gasteiger partial charge in [0, 0.05) is 18.7 Å². The number of benzene rings is 3. The maximum atomic E-state index is 14.2. The quantitative estimate of drug-likeness (QED) is 0.276. The van der Waals surface area contributed by atoms with Crippen LogP contribution in [0.15, 0.2) is 78.9 Å². The van der Waals surface area contributed by atoms with Gasteiger partial charge < -0.3 is 35.2 Å². The fourth-order valence-corrected chi connectivity index (χ4v) is 4.19. The molecule has 0 bridgehead atoms. The molecule has 41 heavy (non-hydrogen) atoms. The molecule has 0 saturated carbocycles. The second-order valence-corrected chi connectivity index (χ2v) is 10.4. The van der Waals surface area contributed by atoms with Crippen molar-refractivity contribution in [3.8, 4) is 11.5 Å². The number of aliphatic hydroxyl groups is 1. The van der Waals surface area contributed by atoms with Crippen molar-refractivity contribution in [3.05, 3.63) is 90.0 Å². The highest BCUT2D eigenvalue weighted by Gasteiger charge is 2.36. The van der Waals surface area contributed by atoms with Gasteiger partial charge in [0.05, 0.1) is 13.7 Å². The average molecular weight is 564 g/mol. The van der Waals surface area contributed by atoms with Crippen LogP contribution in [-0.2, 0) is 20.7 Å². The maximum Gasteiger partial charge on any atom is 0.408 e. The van der Waals surface area contributed by atoms with Gasteiger partial charge in [-0.05, 0) is 68.3 Å². The number of phenols is 1. The number of aromatic hydroxyl groups is 1. The van der Waals surface area contributed by atoms with Gasteiger partial charge in [0.15, 0.2) is 0 Å². The van der Waals surface area contributed by atoms with E-state index in [1.165, 1.54) is 36.3 Å². The minimum Gasteiger partial charge on any atom is -0.508 e. The lowest BCUT2D eigenvalue weighted by Crippen LogP contribution is -2.53. The predicted octanol–water partition coefficient (Wildman–Crippen LogP) is 4.04. The first-order valence-corrected chi connectivity index (χ1v) is 13.2. The normalized spacial score (nSPS) is 12.5. The van der Waals surface area contributed by atoms with E-state index < -0.39 is 42.2 Å². The number of phenolic OH excluding ortho intramolecular Hbond substituents is 1. The van der Waals surface area contributed by atoms with Crippen LogP contribution < -0.4 is 15.4 Å². The number of rotatable bonds is 11. The molecule has 0 radical (unpaired) electrons. The van der Waals surface area contributed by atoms with Crippen molar-refractivity contribution in [2.45, 2.75) is 44.9 Å². The fourth-order valence-electron chi connectivity index (χ4n) is 4.19. The number of anilines is 1. The summed E-state index contributed by atoms with van der Waals surface area (Å²) in [5.41, 5.74) is 0.826. The lowest BCUT2D eigenvalue weighted by atomic mass is 10.00. The van der Waals surface area contributed by atoms with Gasteiger partial charge in [-0.15, -0.1) is 0 Å². The number of nitrogens with zero attached hydrogens (tertiary/aromatic N) is 1. The van der Waals surface area contributed by atoms with Crippen LogP contribution in [-0.4, -0.2) is 64.9 Å². The van der Waals surface area contributed by atoms with Gasteiger partial charge in [-0.3, -0.25) is 9.59 Å². The highest BCUT2D eigenvalue weighted by molar-refractivity contribution is 5.99. The van der Waals surface area contributed by atoms with E-state index in [0.717, 1.165) is 5.56 Å². The van der Waals surface area contributed by atoms with Gasteiger partial charge in [0.1, 0.15) is 29.2 Å². The van der Waals surface area contributed by atoms with E-state index in [4.69, 9.17) is 9.47 Å². The third-order valence-electron chi connectivity index (χ3n) is 6.02. The number of ether oxygens (including phenoxy) is 2. The number of amides is 3. The largest absolute Gasteiger partial charge is 0.508 e. The van der Waals surface area contributed by atoms with Crippen molar-refractivity contribution in [1.82, 2.24) is 10.2 Å². The van der Waals surface area contributed by atoms with Gasteiger partial charge in [-0.2, -0.15) is 0 Å². The Morgan fingerprint density at radius 1 is 0.927 bits per heavy atom. The van der Waals surface area contributed by atoms with E-state index in [1.54, 1.807) is 45.0 Å². The van der Waals surface area contributed by atoms with Crippen molar-refractivity contribution in [3.63, 3.8) is 0 Å². The number of methoxy groups -OCH3 is 1. The Labute approximate surface area is 239 Å². The molecule has 0 heterocycles. The monoisotopic (exact) mass is 563 g/mol. The molecule has 2 unspecified atom stereocenters. The minimum atomic E-state index is -1.21. The van der Waals surface area contributed by atoms with Crippen molar-refractivity contribution in [2.24, 2.45) is 0 Å². The van der Waals surface area contributed by atoms with Crippen molar-refractivity contribution >= 4 is 23.6 Å². The molecule has 10 nitrogen and oxygen atoms in total. The zero-order valence-electron chi connectivity index (χ0n) is 23.7. The van der Waals surface area contributed by atoms with Crippen LogP contribution in [0, 0.1) is 0 Å². The van der Waals surface area contributed by atoms with Crippen molar-refractivity contribution in [2.75, 3.05) is 25.6 Å². The van der Waals surface area contributed by atoms with E-state index in [9.17, 15) is 24.6 Å². The molecule has 0 saturated heterocycles. The van der Waals surface area contributed by atoms with E-state index in [2.05, 4.69) is 10.6 Å². The highest BCUT2D eigenvalue weighted by atomic mass is 16.6. The van der Waals surface area contributed by atoms with Crippen molar-refractivity contribution < 1.29 is 34.1 Å². The number of nitrogens with one attached hydrogen (secondary N) is 2. The Hall–Kier alpha value is -4.57. The second kappa shape index (κ2) is 14.2. The summed E-state index contributed by atoms with van der Waals surface area (Å²) in [6.07, 6.45) is -0.678. The average Bonchev–Trinajstić information content (AvgIpc) is 2.93. The molecule has 0 aliphatic carbocycles. The number of carbonyl (C=O) groups excluding carboxylic acids is 3. The van der Waals surface area contributed by atoms with Crippen LogP contribution >= 0.6 is 0 Å². The molecular weight excluding hydrogens is 526 g/mol. The molecule has 10 heteroatoms. The summed E-state index contributed by atoms with van der Waals surface area (Å²) in [6.45, 7) is 4.48. The van der Waals surface area contributed by atoms with Gasteiger partial charge in [0.25, 0.3) is 5.91 Å². The highest BCUT2D eigenvalue weighted by Crippen LogP contribution is 2.27. The summed E-state index contributed by atoms with van der Waals surface area (Å²) in [6, 6.07) is 19.3. The standard InChI is InChI=1S/C31H37N3O7/c1-31(2,3)41-30(39)33-26(20-21-8-6-5-7-9-21)29(38)34(18-19-35)27(22-10-14-24(36)15-11-22)28(37)32-23-12-16-25(40-4)17-13-23/h5-17,26-27,35-36H,18-20H2,1-4H3,(H,32,37)(H,33,39). The molecule has 3 rings (SSSR count). The molecule has 0 aromatic heterocycles. The first-order valence-electron chi connectivity index (χ1n) is 13.2. The molecule has 218 valence electrons. The summed E-state index contributed by atoms with van der Waals surface area (Å²) < 4.78 is 10.6. The predicted molar refractivity (Wildman–Crippen MR) is 155 cm³/mol. The van der Waals surface area contributed by atoms with Gasteiger partial charge in [0.2, 0.25) is 5.91 Å². The lowest BCUT2D eigenvalue weighted by molar-refractivity contribution is -0.141. The zero-order chi connectivity index (χ0) is 30.0. The Morgan fingerprint density at radius 3 is 2.12 bits per heavy atom. The fraction of sp³-hybridized carbons (Fsp3) is 0.323. The molecule has 4 N–H and O–H groups in total. The van der Waals surface area contributed by atoms with E-state index >= 15 is 0 Å². The van der Waals surface area contributed by atoms with Crippen LogP contribution in [0.5, 0.6) is 11.5 Å². The van der Waals surface area contributed by atoms with Crippen LogP contribution in [0.3, 0.4) is 0 Å². The maximum absolute atomic E-state index is 14.2. The Kier molecular flexibility index (Phi) is 10.7. The molecular formula is C31H37N3O7. The number of alkyl carbamates (subject to hydrolysis) is 1.